The van der Waals surface area contributed by atoms with Gasteiger partial charge in [0.2, 0.25) is 0 Å². The van der Waals surface area contributed by atoms with E-state index in [1.54, 1.807) is 38.5 Å². The van der Waals surface area contributed by atoms with Gasteiger partial charge < -0.3 is 24.1 Å². The molecule has 0 aliphatic carbocycles. The number of benzene rings is 3. The third-order valence-electron chi connectivity index (χ3n) is 7.35. The second-order valence-corrected chi connectivity index (χ2v) is 9.76. The normalized spacial score (nSPS) is 20.6. The van der Waals surface area contributed by atoms with Crippen LogP contribution in [0.25, 0.3) is 0 Å². The van der Waals surface area contributed by atoms with Crippen LogP contribution in [-0.4, -0.2) is 53.9 Å². The van der Waals surface area contributed by atoms with Crippen molar-refractivity contribution in [1.29, 1.82) is 0 Å². The highest BCUT2D eigenvalue weighted by atomic mass is 19.1. The summed E-state index contributed by atoms with van der Waals surface area (Å²) in [5.41, 5.74) is -0.552. The standard InChI is InChI=1S/C31H31FN2O7/c1-19-17-34(30(37)33-28(19)36)29-26(32)27(25(18-35)40-29)41-31(20-7-5-4-6-8-20,21-9-13-23(38-2)14-10-21)22-11-15-24(39-3)16-12-22/h4-17,25-27,29,35H,18H2,1-3H3,(H,33,36,37)/t25-,26-,27-,29-/m1/s1. The molecular formula is C31H31FN2O7. The van der Waals surface area contributed by atoms with Gasteiger partial charge in [0.05, 0.1) is 20.8 Å². The zero-order chi connectivity index (χ0) is 29.1. The number of rotatable bonds is 9. The van der Waals surface area contributed by atoms with Gasteiger partial charge in [-0.25, -0.2) is 9.18 Å². The number of nitrogens with zero attached hydrogens (tertiary/aromatic N) is 1. The lowest BCUT2D eigenvalue weighted by molar-refractivity contribution is -0.105. The van der Waals surface area contributed by atoms with Crippen molar-refractivity contribution in [3.8, 4) is 11.5 Å². The van der Waals surface area contributed by atoms with Gasteiger partial charge in [0.1, 0.15) is 29.3 Å². The fourth-order valence-electron chi connectivity index (χ4n) is 5.21. The van der Waals surface area contributed by atoms with Crippen LogP contribution in [0, 0.1) is 6.92 Å². The molecule has 0 spiro atoms. The highest BCUT2D eigenvalue weighted by molar-refractivity contribution is 5.50. The monoisotopic (exact) mass is 562 g/mol. The minimum Gasteiger partial charge on any atom is -0.497 e. The Kier molecular flexibility index (Phi) is 8.07. The van der Waals surface area contributed by atoms with E-state index in [1.165, 1.54) is 13.1 Å². The zero-order valence-corrected chi connectivity index (χ0v) is 22.8. The largest absolute Gasteiger partial charge is 0.497 e. The molecule has 214 valence electrons. The average molecular weight is 563 g/mol. The lowest BCUT2D eigenvalue weighted by Crippen LogP contribution is -2.44. The average Bonchev–Trinajstić information content (AvgIpc) is 3.32. The van der Waals surface area contributed by atoms with Crippen molar-refractivity contribution in [2.45, 2.75) is 37.1 Å². The van der Waals surface area contributed by atoms with Crippen LogP contribution in [0.15, 0.2) is 94.6 Å². The molecule has 0 radical (unpaired) electrons. The van der Waals surface area contributed by atoms with Crippen molar-refractivity contribution in [3.63, 3.8) is 0 Å². The quantitative estimate of drug-likeness (QED) is 0.301. The molecule has 10 heteroatoms. The van der Waals surface area contributed by atoms with Crippen molar-refractivity contribution in [2.75, 3.05) is 20.8 Å². The summed E-state index contributed by atoms with van der Waals surface area (Å²) in [5, 5.41) is 10.3. The number of hydrogen-bond acceptors (Lipinski definition) is 7. The SMILES string of the molecule is COc1ccc(C(O[C@H]2[C@@H](F)[C@H](n3cc(C)c(=O)[nH]c3=O)O[C@@H]2CO)(c2ccccc2)c2ccc(OC)cc2)cc1. The number of aromatic amines is 1. The molecule has 1 saturated heterocycles. The van der Waals surface area contributed by atoms with E-state index in [1.807, 2.05) is 54.6 Å². The van der Waals surface area contributed by atoms with Gasteiger partial charge in [-0.3, -0.25) is 14.3 Å². The molecule has 2 N–H and O–H groups in total. The Labute approximate surface area is 235 Å². The first kappa shape index (κ1) is 28.3. The number of aryl methyl sites for hydroxylation is 1. The van der Waals surface area contributed by atoms with Crippen molar-refractivity contribution < 1.29 is 28.4 Å². The Balaban J connectivity index is 1.69. The van der Waals surface area contributed by atoms with Crippen LogP contribution in [0.2, 0.25) is 0 Å². The van der Waals surface area contributed by atoms with Crippen molar-refractivity contribution in [2.24, 2.45) is 0 Å². The highest BCUT2D eigenvalue weighted by Gasteiger charge is 2.52. The topological polar surface area (TPSA) is 112 Å². The number of hydrogen-bond donors (Lipinski definition) is 2. The van der Waals surface area contributed by atoms with Crippen LogP contribution in [0.5, 0.6) is 11.5 Å². The van der Waals surface area contributed by atoms with Crippen LogP contribution in [0.3, 0.4) is 0 Å². The number of ether oxygens (including phenoxy) is 4. The number of alkyl halides is 1. The van der Waals surface area contributed by atoms with Crippen LogP contribution in [0.1, 0.15) is 28.5 Å². The number of methoxy groups -OCH3 is 2. The van der Waals surface area contributed by atoms with E-state index < -0.39 is 48.1 Å². The van der Waals surface area contributed by atoms with Crippen LogP contribution in [-0.2, 0) is 15.1 Å². The molecule has 9 nitrogen and oxygen atoms in total. The summed E-state index contributed by atoms with van der Waals surface area (Å²) in [4.78, 5) is 26.7. The molecule has 0 amide bonds. The molecule has 1 aromatic heterocycles. The van der Waals surface area contributed by atoms with Gasteiger partial charge in [-0.05, 0) is 47.9 Å². The Morgan fingerprint density at radius 2 is 1.44 bits per heavy atom. The van der Waals surface area contributed by atoms with E-state index in [9.17, 15) is 14.7 Å². The van der Waals surface area contributed by atoms with E-state index >= 15 is 4.39 Å². The molecule has 4 aromatic rings. The smallest absolute Gasteiger partial charge is 0.330 e. The molecule has 0 bridgehead atoms. The summed E-state index contributed by atoms with van der Waals surface area (Å²) >= 11 is 0. The molecule has 5 rings (SSSR count). The zero-order valence-electron chi connectivity index (χ0n) is 22.8. The first-order chi connectivity index (χ1) is 19.8. The summed E-state index contributed by atoms with van der Waals surface area (Å²) in [6, 6.07) is 23.8. The van der Waals surface area contributed by atoms with E-state index in [0.29, 0.717) is 28.2 Å². The lowest BCUT2D eigenvalue weighted by Gasteiger charge is -2.39. The molecule has 41 heavy (non-hydrogen) atoms. The van der Waals surface area contributed by atoms with Gasteiger partial charge in [0, 0.05) is 11.8 Å². The van der Waals surface area contributed by atoms with Crippen LogP contribution in [0.4, 0.5) is 4.39 Å². The number of halogens is 1. The Bertz CT molecular complexity index is 1540. The number of aromatic nitrogens is 2. The number of aliphatic hydroxyl groups is 1. The fraction of sp³-hybridized carbons (Fsp3) is 0.290. The first-order valence-electron chi connectivity index (χ1n) is 13.1. The van der Waals surface area contributed by atoms with E-state index in [0.717, 1.165) is 4.57 Å². The molecule has 3 aromatic carbocycles. The third-order valence-corrected chi connectivity index (χ3v) is 7.35. The van der Waals surface area contributed by atoms with Crippen LogP contribution >= 0.6 is 0 Å². The van der Waals surface area contributed by atoms with Gasteiger partial charge in [-0.1, -0.05) is 54.6 Å². The molecule has 1 fully saturated rings. The first-order valence-corrected chi connectivity index (χ1v) is 13.1. The minimum atomic E-state index is -1.89. The molecular weight excluding hydrogens is 531 g/mol. The van der Waals surface area contributed by atoms with Gasteiger partial charge in [0.15, 0.2) is 12.4 Å². The van der Waals surface area contributed by atoms with E-state index in [2.05, 4.69) is 4.98 Å². The molecule has 1 aliphatic rings. The van der Waals surface area contributed by atoms with Crippen LogP contribution < -0.4 is 20.7 Å². The van der Waals surface area contributed by atoms with E-state index in [4.69, 9.17) is 18.9 Å². The Morgan fingerprint density at radius 3 is 1.95 bits per heavy atom. The fourth-order valence-corrected chi connectivity index (χ4v) is 5.21. The predicted octanol–water partition coefficient (Wildman–Crippen LogP) is 3.47. The van der Waals surface area contributed by atoms with Gasteiger partial charge >= 0.3 is 5.69 Å². The number of aliphatic hydroxyl groups excluding tert-OH is 1. The summed E-state index contributed by atoms with van der Waals surface area (Å²) in [6.07, 6.45) is -4.55. The predicted molar refractivity (Wildman–Crippen MR) is 149 cm³/mol. The highest BCUT2D eigenvalue weighted by Crippen LogP contribution is 2.46. The van der Waals surface area contributed by atoms with Gasteiger partial charge in [-0.2, -0.15) is 0 Å². The third kappa shape index (κ3) is 5.17. The van der Waals surface area contributed by atoms with Gasteiger partial charge in [-0.15, -0.1) is 0 Å². The maximum Gasteiger partial charge on any atom is 0.330 e. The minimum absolute atomic E-state index is 0.209. The summed E-state index contributed by atoms with van der Waals surface area (Å²) < 4.78 is 40.9. The molecule has 4 atom stereocenters. The Morgan fingerprint density at radius 1 is 0.902 bits per heavy atom. The second kappa shape index (κ2) is 11.7. The summed E-state index contributed by atoms with van der Waals surface area (Å²) in [5.74, 6) is 1.25. The Hall–Kier alpha value is -4.25. The maximum atomic E-state index is 16.4. The molecule has 2 heterocycles. The summed E-state index contributed by atoms with van der Waals surface area (Å²) in [7, 11) is 3.13. The maximum absolute atomic E-state index is 16.4. The van der Waals surface area contributed by atoms with E-state index in [-0.39, 0.29) is 5.56 Å². The number of H-pyrrole nitrogens is 1. The lowest BCUT2D eigenvalue weighted by atomic mass is 9.79. The van der Waals surface area contributed by atoms with Crippen molar-refractivity contribution in [1.82, 2.24) is 9.55 Å². The molecule has 1 aliphatic heterocycles. The second-order valence-electron chi connectivity index (χ2n) is 9.76. The number of nitrogens with one attached hydrogen (secondary N) is 1. The molecule has 0 unspecified atom stereocenters. The van der Waals surface area contributed by atoms with Crippen molar-refractivity contribution >= 4 is 0 Å². The van der Waals surface area contributed by atoms with Crippen molar-refractivity contribution in [3.05, 3.63) is 128 Å². The molecule has 0 saturated carbocycles. The van der Waals surface area contributed by atoms with Gasteiger partial charge in [0.25, 0.3) is 5.56 Å². The summed E-state index contributed by atoms with van der Waals surface area (Å²) in [6.45, 7) is 0.928.